The summed E-state index contributed by atoms with van der Waals surface area (Å²) in [7, 11) is 0. The third-order valence-corrected chi connectivity index (χ3v) is 5.42. The lowest BCUT2D eigenvalue weighted by Gasteiger charge is -2.29. The molecule has 1 aliphatic carbocycles. The molecule has 1 fully saturated rings. The lowest BCUT2D eigenvalue weighted by atomic mass is 9.89. The van der Waals surface area contributed by atoms with Crippen LogP contribution in [0.5, 0.6) is 0 Å². The minimum atomic E-state index is -4.41. The van der Waals surface area contributed by atoms with Crippen molar-refractivity contribution in [3.8, 4) is 0 Å². The average Bonchev–Trinajstić information content (AvgIpc) is 3.07. The van der Waals surface area contributed by atoms with E-state index in [2.05, 4.69) is 0 Å². The van der Waals surface area contributed by atoms with Gasteiger partial charge in [-0.05, 0) is 77.1 Å². The zero-order valence-corrected chi connectivity index (χ0v) is 14.9. The van der Waals surface area contributed by atoms with Gasteiger partial charge >= 0.3 is 12.1 Å². The number of rotatable bonds is 2. The largest absolute Gasteiger partial charge is 0.454 e. The van der Waals surface area contributed by atoms with E-state index in [9.17, 15) is 18.0 Å². The Morgan fingerprint density at radius 3 is 2.37 bits per heavy atom. The van der Waals surface area contributed by atoms with Crippen LogP contribution in [-0.2, 0) is 21.3 Å². The Hall–Kier alpha value is -2.56. The van der Waals surface area contributed by atoms with Gasteiger partial charge < -0.3 is 4.74 Å². The first kappa shape index (κ1) is 17.8. The molecule has 0 heterocycles. The number of carbonyl (C=O) groups is 1. The molecule has 0 atom stereocenters. The maximum Gasteiger partial charge on any atom is 0.417 e. The quantitative estimate of drug-likeness (QED) is 0.387. The van der Waals surface area contributed by atoms with E-state index in [1.165, 1.54) is 13.0 Å². The van der Waals surface area contributed by atoms with Gasteiger partial charge in [-0.1, -0.05) is 24.3 Å². The van der Waals surface area contributed by atoms with Gasteiger partial charge in [-0.2, -0.15) is 13.2 Å². The maximum atomic E-state index is 13.4. The topological polar surface area (TPSA) is 26.3 Å². The molecule has 0 saturated heterocycles. The third kappa shape index (κ3) is 3.15. The molecule has 140 valence electrons. The van der Waals surface area contributed by atoms with Crippen molar-refractivity contribution in [3.05, 3.63) is 59.7 Å². The molecule has 5 heteroatoms. The van der Waals surface area contributed by atoms with Gasteiger partial charge in [0.2, 0.25) is 0 Å². The predicted octanol–water partition coefficient (Wildman–Crippen LogP) is 6.34. The second-order valence-electron chi connectivity index (χ2n) is 7.23. The number of carbonyl (C=O) groups excluding carboxylic acids is 1. The number of esters is 1. The highest BCUT2D eigenvalue weighted by Gasteiger charge is 2.39. The highest BCUT2D eigenvalue weighted by Crippen LogP contribution is 2.44. The first-order valence-electron chi connectivity index (χ1n) is 9.02. The fourth-order valence-electron chi connectivity index (χ4n) is 4.23. The Bertz CT molecular complexity index is 1030. The number of ether oxygens (including phenoxy) is 1. The van der Waals surface area contributed by atoms with E-state index in [-0.39, 0.29) is 11.4 Å². The number of benzene rings is 3. The van der Waals surface area contributed by atoms with Crippen molar-refractivity contribution in [1.29, 1.82) is 0 Å². The molecule has 0 spiro atoms. The van der Waals surface area contributed by atoms with Gasteiger partial charge in [0.25, 0.3) is 0 Å². The van der Waals surface area contributed by atoms with Crippen molar-refractivity contribution in [3.63, 3.8) is 0 Å². The van der Waals surface area contributed by atoms with Gasteiger partial charge in [0, 0.05) is 6.92 Å². The smallest absolute Gasteiger partial charge is 0.417 e. The number of alkyl halides is 3. The summed E-state index contributed by atoms with van der Waals surface area (Å²) in [6.45, 7) is 1.39. The predicted molar refractivity (Wildman–Crippen MR) is 98.4 cm³/mol. The fraction of sp³-hybridized carbons (Fsp3) is 0.318. The standard InChI is InChI=1S/C22H19F3O2/c1-14(26)27-21(9-2-3-10-21)18-8-7-15-11-16-5-4-6-20(22(23,24)25)19(16)13-17(15)12-18/h4-8,11-13H,2-3,9-10H2,1H3. The Morgan fingerprint density at radius 1 is 0.963 bits per heavy atom. The summed E-state index contributed by atoms with van der Waals surface area (Å²) >= 11 is 0. The lowest BCUT2D eigenvalue weighted by Crippen LogP contribution is -2.28. The molecule has 0 unspecified atom stereocenters. The van der Waals surface area contributed by atoms with Gasteiger partial charge in [-0.3, -0.25) is 4.79 Å². The minimum absolute atomic E-state index is 0.183. The van der Waals surface area contributed by atoms with Crippen molar-refractivity contribution in [2.45, 2.75) is 44.4 Å². The fourth-order valence-corrected chi connectivity index (χ4v) is 4.23. The summed E-state index contributed by atoms with van der Waals surface area (Å²) < 4.78 is 45.8. The van der Waals surface area contributed by atoms with Crippen molar-refractivity contribution >= 4 is 27.5 Å². The zero-order valence-electron chi connectivity index (χ0n) is 14.9. The summed E-state index contributed by atoms with van der Waals surface area (Å²) in [5, 5.41) is 2.32. The van der Waals surface area contributed by atoms with Crippen molar-refractivity contribution in [2.24, 2.45) is 0 Å². The van der Waals surface area contributed by atoms with Crippen molar-refractivity contribution in [2.75, 3.05) is 0 Å². The maximum absolute atomic E-state index is 13.4. The Morgan fingerprint density at radius 2 is 1.70 bits per heavy atom. The molecule has 0 aliphatic heterocycles. The summed E-state index contributed by atoms with van der Waals surface area (Å²) in [4.78, 5) is 11.6. The van der Waals surface area contributed by atoms with Gasteiger partial charge in [-0.15, -0.1) is 0 Å². The van der Waals surface area contributed by atoms with Gasteiger partial charge in [-0.25, -0.2) is 0 Å². The average molecular weight is 372 g/mol. The van der Waals surface area contributed by atoms with E-state index in [0.717, 1.165) is 48.1 Å². The van der Waals surface area contributed by atoms with Crippen LogP contribution < -0.4 is 0 Å². The highest BCUT2D eigenvalue weighted by atomic mass is 19.4. The molecular formula is C22H19F3O2. The normalized spacial score (nSPS) is 16.7. The molecule has 0 N–H and O–H groups in total. The van der Waals surface area contributed by atoms with Crippen molar-refractivity contribution < 1.29 is 22.7 Å². The summed E-state index contributed by atoms with van der Waals surface area (Å²) in [6, 6.07) is 13.3. The molecule has 2 nitrogen and oxygen atoms in total. The van der Waals surface area contributed by atoms with Crippen LogP contribution in [0.15, 0.2) is 48.5 Å². The van der Waals surface area contributed by atoms with Gasteiger partial charge in [0.05, 0.1) is 5.56 Å². The van der Waals surface area contributed by atoms with E-state index in [4.69, 9.17) is 4.74 Å². The molecule has 3 aromatic carbocycles. The Kier molecular flexibility index (Phi) is 4.13. The first-order valence-corrected chi connectivity index (χ1v) is 9.02. The van der Waals surface area contributed by atoms with E-state index < -0.39 is 17.3 Å². The molecule has 0 aromatic heterocycles. The van der Waals surface area contributed by atoms with Crippen molar-refractivity contribution in [1.82, 2.24) is 0 Å². The molecule has 0 amide bonds. The van der Waals surface area contributed by atoms with Crippen LogP contribution in [0.4, 0.5) is 13.2 Å². The number of fused-ring (bicyclic) bond motifs is 2. The van der Waals surface area contributed by atoms with Crippen LogP contribution in [0.3, 0.4) is 0 Å². The molecule has 3 aromatic rings. The second kappa shape index (κ2) is 6.25. The summed E-state index contributed by atoms with van der Waals surface area (Å²) in [5.74, 6) is -0.338. The highest BCUT2D eigenvalue weighted by molar-refractivity contribution is 6.00. The number of hydrogen-bond acceptors (Lipinski definition) is 2. The Balaban J connectivity index is 1.91. The van der Waals surface area contributed by atoms with E-state index in [1.807, 2.05) is 18.2 Å². The molecule has 0 radical (unpaired) electrons. The minimum Gasteiger partial charge on any atom is -0.454 e. The molecule has 27 heavy (non-hydrogen) atoms. The van der Waals surface area contributed by atoms with Gasteiger partial charge in [0.15, 0.2) is 0 Å². The van der Waals surface area contributed by atoms with Crippen LogP contribution in [0.25, 0.3) is 21.5 Å². The number of hydrogen-bond donors (Lipinski definition) is 0. The Labute approximate surface area is 154 Å². The van der Waals surface area contributed by atoms with Crippen LogP contribution in [-0.4, -0.2) is 5.97 Å². The molecule has 4 rings (SSSR count). The molecular weight excluding hydrogens is 353 g/mol. The molecule has 1 saturated carbocycles. The lowest BCUT2D eigenvalue weighted by molar-refractivity contribution is -0.157. The SMILES string of the molecule is CC(=O)OC1(c2ccc3cc4cccc(C(F)(F)F)c4cc3c2)CCCC1. The first-order chi connectivity index (χ1) is 12.8. The van der Waals surface area contributed by atoms with E-state index in [0.29, 0.717) is 5.39 Å². The van der Waals surface area contributed by atoms with E-state index in [1.54, 1.807) is 18.2 Å². The number of halogens is 3. The van der Waals surface area contributed by atoms with Crippen LogP contribution in [0, 0.1) is 0 Å². The molecule has 0 bridgehead atoms. The summed E-state index contributed by atoms with van der Waals surface area (Å²) in [6.07, 6.45) is -1.02. The van der Waals surface area contributed by atoms with Crippen LogP contribution in [0.1, 0.15) is 43.7 Å². The van der Waals surface area contributed by atoms with Crippen LogP contribution >= 0.6 is 0 Å². The second-order valence-corrected chi connectivity index (χ2v) is 7.23. The van der Waals surface area contributed by atoms with Gasteiger partial charge in [0.1, 0.15) is 5.60 Å². The zero-order chi connectivity index (χ0) is 19.2. The molecule has 1 aliphatic rings. The third-order valence-electron chi connectivity index (χ3n) is 5.42. The monoisotopic (exact) mass is 372 g/mol. The summed E-state index contributed by atoms with van der Waals surface area (Å²) in [5.41, 5.74) is -0.451. The van der Waals surface area contributed by atoms with E-state index >= 15 is 0 Å². The van der Waals surface area contributed by atoms with Crippen LogP contribution in [0.2, 0.25) is 0 Å².